The first-order valence-electron chi connectivity index (χ1n) is 6.72. The molecule has 0 spiro atoms. The van der Waals surface area contributed by atoms with Gasteiger partial charge in [-0.05, 0) is 43.7 Å². The van der Waals surface area contributed by atoms with Gasteiger partial charge >= 0.3 is 0 Å². The van der Waals surface area contributed by atoms with Crippen LogP contribution in [-0.2, 0) is 4.79 Å². The molecular formula is C15H17N3O. The predicted octanol–water partition coefficient (Wildman–Crippen LogP) is 2.32. The molecule has 1 aromatic carbocycles. The van der Waals surface area contributed by atoms with Crippen molar-refractivity contribution < 1.29 is 4.79 Å². The zero-order chi connectivity index (χ0) is 13.1. The molecule has 19 heavy (non-hydrogen) atoms. The summed E-state index contributed by atoms with van der Waals surface area (Å²) in [6.07, 6.45) is 4.96. The van der Waals surface area contributed by atoms with Crippen molar-refractivity contribution in [2.45, 2.75) is 25.3 Å². The summed E-state index contributed by atoms with van der Waals surface area (Å²) >= 11 is 0. The van der Waals surface area contributed by atoms with E-state index < -0.39 is 0 Å². The fourth-order valence-corrected chi connectivity index (χ4v) is 2.46. The van der Waals surface area contributed by atoms with Gasteiger partial charge in [-0.25, -0.2) is 0 Å². The Labute approximate surface area is 112 Å². The van der Waals surface area contributed by atoms with Crippen molar-refractivity contribution in [1.29, 1.82) is 0 Å². The Balaban J connectivity index is 1.75. The van der Waals surface area contributed by atoms with E-state index in [2.05, 4.69) is 15.6 Å². The minimum Gasteiger partial charge on any atom is -0.325 e. The van der Waals surface area contributed by atoms with Crippen LogP contribution in [0.2, 0.25) is 0 Å². The lowest BCUT2D eigenvalue weighted by Crippen LogP contribution is -2.43. The van der Waals surface area contributed by atoms with Gasteiger partial charge in [0.15, 0.2) is 0 Å². The first kappa shape index (κ1) is 12.1. The van der Waals surface area contributed by atoms with E-state index in [9.17, 15) is 4.79 Å². The Kier molecular flexibility index (Phi) is 3.42. The van der Waals surface area contributed by atoms with Crippen LogP contribution in [-0.4, -0.2) is 23.5 Å². The average Bonchev–Trinajstić information content (AvgIpc) is 2.48. The third-order valence-electron chi connectivity index (χ3n) is 3.50. The van der Waals surface area contributed by atoms with E-state index in [1.165, 1.54) is 0 Å². The third kappa shape index (κ3) is 2.74. The molecule has 0 bridgehead atoms. The first-order valence-corrected chi connectivity index (χ1v) is 6.72. The first-order chi connectivity index (χ1) is 9.33. The molecule has 1 atom stereocenters. The highest BCUT2D eigenvalue weighted by Crippen LogP contribution is 2.18. The van der Waals surface area contributed by atoms with E-state index >= 15 is 0 Å². The minimum atomic E-state index is -0.0571. The van der Waals surface area contributed by atoms with E-state index in [0.29, 0.717) is 0 Å². The van der Waals surface area contributed by atoms with Crippen LogP contribution in [0.4, 0.5) is 5.69 Å². The second kappa shape index (κ2) is 5.36. The maximum Gasteiger partial charge on any atom is 0.241 e. The topological polar surface area (TPSA) is 54.0 Å². The zero-order valence-corrected chi connectivity index (χ0v) is 10.7. The molecule has 1 fully saturated rings. The van der Waals surface area contributed by atoms with Crippen LogP contribution in [0.15, 0.2) is 36.5 Å². The van der Waals surface area contributed by atoms with Crippen molar-refractivity contribution in [2.75, 3.05) is 11.9 Å². The molecule has 1 aromatic heterocycles. The maximum absolute atomic E-state index is 12.1. The number of piperidine rings is 1. The number of benzene rings is 1. The number of carbonyl (C=O) groups is 1. The molecule has 4 nitrogen and oxygen atoms in total. The zero-order valence-electron chi connectivity index (χ0n) is 10.7. The molecule has 2 aromatic rings. The Morgan fingerprint density at radius 1 is 1.32 bits per heavy atom. The summed E-state index contributed by atoms with van der Waals surface area (Å²) in [6, 6.07) is 9.63. The van der Waals surface area contributed by atoms with Gasteiger partial charge in [-0.15, -0.1) is 0 Å². The second-order valence-corrected chi connectivity index (χ2v) is 4.90. The third-order valence-corrected chi connectivity index (χ3v) is 3.50. The molecule has 0 aliphatic carbocycles. The summed E-state index contributed by atoms with van der Waals surface area (Å²) in [7, 11) is 0. The number of fused-ring (bicyclic) bond motifs is 1. The number of hydrogen-bond acceptors (Lipinski definition) is 3. The minimum absolute atomic E-state index is 0.0571. The van der Waals surface area contributed by atoms with Gasteiger partial charge in [0.25, 0.3) is 0 Å². The van der Waals surface area contributed by atoms with Gasteiger partial charge in [-0.1, -0.05) is 12.5 Å². The Morgan fingerprint density at radius 3 is 3.11 bits per heavy atom. The van der Waals surface area contributed by atoms with Crippen molar-refractivity contribution in [3.8, 4) is 0 Å². The summed E-state index contributed by atoms with van der Waals surface area (Å²) in [6.45, 7) is 0.930. The summed E-state index contributed by atoms with van der Waals surface area (Å²) in [4.78, 5) is 16.4. The van der Waals surface area contributed by atoms with Crippen LogP contribution in [0.1, 0.15) is 19.3 Å². The fourth-order valence-electron chi connectivity index (χ4n) is 2.46. The van der Waals surface area contributed by atoms with Gasteiger partial charge in [0.2, 0.25) is 5.91 Å². The van der Waals surface area contributed by atoms with Gasteiger partial charge in [0.1, 0.15) is 0 Å². The smallest absolute Gasteiger partial charge is 0.241 e. The number of pyridine rings is 1. The molecule has 1 amide bonds. The number of carbonyl (C=O) groups excluding carboxylic acids is 1. The normalized spacial score (nSPS) is 19.3. The standard InChI is InChI=1S/C15H17N3O/c19-15(14-5-1-2-8-17-14)18-12-6-7-13-11(10-12)4-3-9-16-13/h3-4,6-7,9-10,14,17H,1-2,5,8H2,(H,18,19). The van der Waals surface area contributed by atoms with Crippen LogP contribution in [0.5, 0.6) is 0 Å². The van der Waals surface area contributed by atoms with Gasteiger partial charge in [-0.3, -0.25) is 9.78 Å². The largest absolute Gasteiger partial charge is 0.325 e. The molecule has 2 N–H and O–H groups in total. The molecule has 1 aliphatic rings. The van der Waals surface area contributed by atoms with Crippen LogP contribution in [0.25, 0.3) is 10.9 Å². The molecular weight excluding hydrogens is 238 g/mol. The monoisotopic (exact) mass is 255 g/mol. The number of amides is 1. The van der Waals surface area contributed by atoms with Crippen LogP contribution in [0.3, 0.4) is 0 Å². The van der Waals surface area contributed by atoms with Crippen molar-refractivity contribution in [3.63, 3.8) is 0 Å². The van der Waals surface area contributed by atoms with Gasteiger partial charge in [0.05, 0.1) is 11.6 Å². The Hall–Kier alpha value is -1.94. The van der Waals surface area contributed by atoms with E-state index in [-0.39, 0.29) is 11.9 Å². The molecule has 1 saturated heterocycles. The lowest BCUT2D eigenvalue weighted by molar-refractivity contribution is -0.118. The number of rotatable bonds is 2. The molecule has 4 heteroatoms. The molecule has 0 radical (unpaired) electrons. The van der Waals surface area contributed by atoms with Crippen LogP contribution >= 0.6 is 0 Å². The van der Waals surface area contributed by atoms with Crippen molar-refractivity contribution in [3.05, 3.63) is 36.5 Å². The highest BCUT2D eigenvalue weighted by molar-refractivity contribution is 5.96. The predicted molar refractivity (Wildman–Crippen MR) is 76.0 cm³/mol. The molecule has 3 rings (SSSR count). The van der Waals surface area contributed by atoms with E-state index in [0.717, 1.165) is 42.4 Å². The summed E-state index contributed by atoms with van der Waals surface area (Å²) < 4.78 is 0. The van der Waals surface area contributed by atoms with Crippen LogP contribution < -0.4 is 10.6 Å². The van der Waals surface area contributed by atoms with Gasteiger partial charge in [0, 0.05) is 17.3 Å². The summed E-state index contributed by atoms with van der Waals surface area (Å²) in [5.74, 6) is 0.0583. The highest BCUT2D eigenvalue weighted by atomic mass is 16.2. The van der Waals surface area contributed by atoms with E-state index in [1.807, 2.05) is 30.3 Å². The average molecular weight is 255 g/mol. The van der Waals surface area contributed by atoms with Crippen molar-refractivity contribution in [2.24, 2.45) is 0 Å². The molecule has 1 aliphatic heterocycles. The molecule has 0 saturated carbocycles. The lowest BCUT2D eigenvalue weighted by Gasteiger charge is -2.22. The Morgan fingerprint density at radius 2 is 2.26 bits per heavy atom. The number of nitrogens with zero attached hydrogens (tertiary/aromatic N) is 1. The number of hydrogen-bond donors (Lipinski definition) is 2. The highest BCUT2D eigenvalue weighted by Gasteiger charge is 2.20. The number of nitrogens with one attached hydrogen (secondary N) is 2. The SMILES string of the molecule is O=C(Nc1ccc2ncccc2c1)C1CCCCN1. The number of anilines is 1. The van der Waals surface area contributed by atoms with Crippen molar-refractivity contribution in [1.82, 2.24) is 10.3 Å². The van der Waals surface area contributed by atoms with E-state index in [4.69, 9.17) is 0 Å². The maximum atomic E-state index is 12.1. The fraction of sp³-hybridized carbons (Fsp3) is 0.333. The summed E-state index contributed by atoms with van der Waals surface area (Å²) in [5.41, 5.74) is 1.77. The summed E-state index contributed by atoms with van der Waals surface area (Å²) in [5, 5.41) is 7.27. The van der Waals surface area contributed by atoms with Crippen LogP contribution in [0, 0.1) is 0 Å². The van der Waals surface area contributed by atoms with E-state index in [1.54, 1.807) is 6.20 Å². The quantitative estimate of drug-likeness (QED) is 0.866. The molecule has 2 heterocycles. The molecule has 98 valence electrons. The number of aromatic nitrogens is 1. The van der Waals surface area contributed by atoms with Gasteiger partial charge < -0.3 is 10.6 Å². The van der Waals surface area contributed by atoms with Gasteiger partial charge in [-0.2, -0.15) is 0 Å². The Bertz CT molecular complexity index is 591. The molecule has 1 unspecified atom stereocenters. The lowest BCUT2D eigenvalue weighted by atomic mass is 10.0. The second-order valence-electron chi connectivity index (χ2n) is 4.90. The van der Waals surface area contributed by atoms with Crippen molar-refractivity contribution >= 4 is 22.5 Å².